The molecule has 1 amide bonds. The van der Waals surface area contributed by atoms with Crippen molar-refractivity contribution >= 4 is 11.9 Å². The van der Waals surface area contributed by atoms with Gasteiger partial charge in [-0.05, 0) is 54.5 Å². The number of carboxylic acids is 1. The molecule has 1 saturated carbocycles. The number of aliphatic carboxylic acids is 1. The minimum atomic E-state index is -0.944. The van der Waals surface area contributed by atoms with Crippen LogP contribution in [0.3, 0.4) is 0 Å². The number of hydrogen-bond acceptors (Lipinski definition) is 5. The van der Waals surface area contributed by atoms with E-state index in [-0.39, 0.29) is 23.8 Å². The highest BCUT2D eigenvalue weighted by atomic mass is 16.5. The summed E-state index contributed by atoms with van der Waals surface area (Å²) < 4.78 is 5.77. The summed E-state index contributed by atoms with van der Waals surface area (Å²) in [6.45, 7) is 8.72. The van der Waals surface area contributed by atoms with Crippen molar-refractivity contribution in [2.45, 2.75) is 84.5 Å². The monoisotopic (exact) mass is 583 g/mol. The molecule has 2 aliphatic rings. The van der Waals surface area contributed by atoms with E-state index in [1.165, 1.54) is 0 Å². The molecular formula is C36H45N3O4. The molecule has 0 unspecified atom stereocenters. The number of aromatic nitrogens is 1. The van der Waals surface area contributed by atoms with Crippen molar-refractivity contribution in [2.24, 2.45) is 17.3 Å². The van der Waals surface area contributed by atoms with E-state index in [0.717, 1.165) is 65.8 Å². The Bertz CT molecular complexity index is 1430. The molecule has 2 heterocycles. The van der Waals surface area contributed by atoms with Crippen molar-refractivity contribution in [3.8, 4) is 16.9 Å². The quantitative estimate of drug-likeness (QED) is 0.303. The molecule has 2 N–H and O–H groups in total. The van der Waals surface area contributed by atoms with E-state index < -0.39 is 23.5 Å². The van der Waals surface area contributed by atoms with E-state index >= 15 is 0 Å². The van der Waals surface area contributed by atoms with Crippen LogP contribution in [0.5, 0.6) is 5.75 Å². The third kappa shape index (κ3) is 6.32. The van der Waals surface area contributed by atoms with Gasteiger partial charge in [0.15, 0.2) is 0 Å². The summed E-state index contributed by atoms with van der Waals surface area (Å²) in [4.78, 5) is 33.7. The number of carbonyl (C=O) groups excluding carboxylic acids is 1. The number of aryl methyl sites for hydroxylation is 1. The van der Waals surface area contributed by atoms with E-state index in [0.29, 0.717) is 6.54 Å². The number of likely N-dealkylation sites (tertiary alicyclic amines) is 1. The van der Waals surface area contributed by atoms with E-state index in [1.807, 2.05) is 55.5 Å². The minimum absolute atomic E-state index is 0.0221. The van der Waals surface area contributed by atoms with Gasteiger partial charge in [0.1, 0.15) is 11.8 Å². The molecule has 0 spiro atoms. The van der Waals surface area contributed by atoms with Crippen LogP contribution in [0.1, 0.15) is 75.7 Å². The number of ether oxygens (including phenoxy) is 1. The van der Waals surface area contributed by atoms with Gasteiger partial charge in [-0.15, -0.1) is 0 Å². The fraction of sp³-hybridized carbons (Fsp3) is 0.472. The van der Waals surface area contributed by atoms with Crippen molar-refractivity contribution in [3.05, 3.63) is 83.7 Å². The summed E-state index contributed by atoms with van der Waals surface area (Å²) in [7, 11) is 1.67. The third-order valence-electron chi connectivity index (χ3n) is 9.40. The zero-order valence-electron chi connectivity index (χ0n) is 26.0. The number of carboxylic acid groups (broad SMARTS) is 1. The summed E-state index contributed by atoms with van der Waals surface area (Å²) in [6, 6.07) is 18.4. The van der Waals surface area contributed by atoms with Gasteiger partial charge in [-0.25, -0.2) is 4.79 Å². The normalized spacial score (nSPS) is 22.9. The fourth-order valence-electron chi connectivity index (χ4n) is 7.39. The first-order valence-corrected chi connectivity index (χ1v) is 15.5. The van der Waals surface area contributed by atoms with Gasteiger partial charge in [0.05, 0.1) is 13.2 Å². The first-order valence-electron chi connectivity index (χ1n) is 15.5. The number of pyridine rings is 1. The molecule has 7 heteroatoms. The van der Waals surface area contributed by atoms with Gasteiger partial charge in [-0.3, -0.25) is 9.78 Å². The molecule has 1 saturated heterocycles. The smallest absolute Gasteiger partial charge is 0.326 e. The lowest BCUT2D eigenvalue weighted by Crippen LogP contribution is -2.49. The Hall–Kier alpha value is -3.71. The summed E-state index contributed by atoms with van der Waals surface area (Å²) in [6.07, 6.45) is 6.57. The van der Waals surface area contributed by atoms with Crippen LogP contribution in [0, 0.1) is 24.2 Å². The van der Waals surface area contributed by atoms with Crippen LogP contribution in [-0.4, -0.2) is 46.1 Å². The average molecular weight is 584 g/mol. The van der Waals surface area contributed by atoms with Gasteiger partial charge in [0, 0.05) is 47.4 Å². The summed E-state index contributed by atoms with van der Waals surface area (Å²) in [5.74, 6) is -0.686. The third-order valence-corrected chi connectivity index (χ3v) is 9.40. The molecule has 1 aliphatic carbocycles. The fourth-order valence-corrected chi connectivity index (χ4v) is 7.39. The van der Waals surface area contributed by atoms with E-state index in [9.17, 15) is 14.7 Å². The SMILES string of the molecule is COc1ccc(-c2cccnc2C)cc1CN[C@H]1[C@H](C(C)(C)C)[C@@H](C(=O)O)N(C(=O)C2CCCCC2)[C@H]1c1ccccc1. The minimum Gasteiger partial charge on any atom is -0.496 e. The lowest BCUT2D eigenvalue weighted by molar-refractivity contribution is -0.154. The van der Waals surface area contributed by atoms with Gasteiger partial charge in [0.25, 0.3) is 0 Å². The Morgan fingerprint density at radius 3 is 2.37 bits per heavy atom. The number of methoxy groups -OCH3 is 1. The molecule has 7 nitrogen and oxygen atoms in total. The Kier molecular flexibility index (Phi) is 9.21. The van der Waals surface area contributed by atoms with Crippen LogP contribution in [0.4, 0.5) is 0 Å². The highest BCUT2D eigenvalue weighted by molar-refractivity contribution is 5.87. The maximum atomic E-state index is 14.3. The summed E-state index contributed by atoms with van der Waals surface area (Å²) in [5.41, 5.74) is 4.56. The molecule has 5 rings (SSSR count). The van der Waals surface area contributed by atoms with Crippen LogP contribution >= 0.6 is 0 Å². The molecule has 4 atom stereocenters. The molecule has 0 radical (unpaired) electrons. The maximum absolute atomic E-state index is 14.3. The molecule has 3 aromatic rings. The standard InChI is InChI=1S/C36H45N3O4/c1-23-28(17-12-20-37-23)26-18-19-29(43-5)27(21-26)22-38-31-30(36(2,3)4)33(35(41)42)39(32(31)24-13-8-6-9-14-24)34(40)25-15-10-7-11-16-25/h6,8-9,12-14,17-21,25,30-33,38H,7,10-11,15-16,22H2,1-5H3,(H,41,42)/t30-,31-,32-,33-/m0/s1. The maximum Gasteiger partial charge on any atom is 0.326 e. The number of nitrogens with zero attached hydrogens (tertiary/aromatic N) is 2. The van der Waals surface area contributed by atoms with E-state index in [2.05, 4.69) is 43.2 Å². The Morgan fingerprint density at radius 2 is 1.74 bits per heavy atom. The first kappa shape index (κ1) is 30.7. The average Bonchev–Trinajstić information content (AvgIpc) is 3.37. The molecule has 1 aromatic heterocycles. The molecule has 43 heavy (non-hydrogen) atoms. The zero-order chi connectivity index (χ0) is 30.7. The Morgan fingerprint density at radius 1 is 1.02 bits per heavy atom. The topological polar surface area (TPSA) is 91.8 Å². The highest BCUT2D eigenvalue weighted by Gasteiger charge is 2.58. The lowest BCUT2D eigenvalue weighted by atomic mass is 9.72. The lowest BCUT2D eigenvalue weighted by Gasteiger charge is -2.36. The van der Waals surface area contributed by atoms with Crippen molar-refractivity contribution in [2.75, 3.05) is 7.11 Å². The number of rotatable bonds is 8. The summed E-state index contributed by atoms with van der Waals surface area (Å²) in [5, 5.41) is 14.5. The highest BCUT2D eigenvalue weighted by Crippen LogP contribution is 2.49. The molecule has 228 valence electrons. The van der Waals surface area contributed by atoms with Crippen LogP contribution in [0.2, 0.25) is 0 Å². The second-order valence-electron chi connectivity index (χ2n) is 13.2. The van der Waals surface area contributed by atoms with E-state index in [4.69, 9.17) is 4.74 Å². The molecule has 1 aliphatic heterocycles. The predicted octanol–water partition coefficient (Wildman–Crippen LogP) is 6.80. The van der Waals surface area contributed by atoms with Crippen molar-refractivity contribution in [3.63, 3.8) is 0 Å². The van der Waals surface area contributed by atoms with Gasteiger partial charge in [0.2, 0.25) is 5.91 Å². The molecule has 2 aromatic carbocycles. The van der Waals surface area contributed by atoms with Crippen molar-refractivity contribution in [1.29, 1.82) is 0 Å². The van der Waals surface area contributed by atoms with Gasteiger partial charge in [-0.1, -0.05) is 82.5 Å². The molecule has 0 bridgehead atoms. The number of carbonyl (C=O) groups is 2. The second-order valence-corrected chi connectivity index (χ2v) is 13.2. The molecule has 2 fully saturated rings. The number of amides is 1. The predicted molar refractivity (Wildman–Crippen MR) is 169 cm³/mol. The van der Waals surface area contributed by atoms with Crippen LogP contribution in [-0.2, 0) is 16.1 Å². The van der Waals surface area contributed by atoms with Crippen molar-refractivity contribution < 1.29 is 19.4 Å². The van der Waals surface area contributed by atoms with Gasteiger partial charge >= 0.3 is 5.97 Å². The molecular weight excluding hydrogens is 538 g/mol. The number of benzene rings is 2. The van der Waals surface area contributed by atoms with Crippen molar-refractivity contribution in [1.82, 2.24) is 15.2 Å². The first-order chi connectivity index (χ1) is 20.6. The van der Waals surface area contributed by atoms with Gasteiger partial charge in [-0.2, -0.15) is 0 Å². The van der Waals surface area contributed by atoms with Gasteiger partial charge < -0.3 is 20.1 Å². The second kappa shape index (κ2) is 12.9. The number of hydrogen-bond donors (Lipinski definition) is 2. The summed E-state index contributed by atoms with van der Waals surface area (Å²) >= 11 is 0. The largest absolute Gasteiger partial charge is 0.496 e. The van der Waals surface area contributed by atoms with Crippen LogP contribution in [0.25, 0.3) is 11.1 Å². The Balaban J connectivity index is 1.58. The van der Waals surface area contributed by atoms with Crippen LogP contribution in [0.15, 0.2) is 66.9 Å². The van der Waals surface area contributed by atoms with Crippen LogP contribution < -0.4 is 10.1 Å². The zero-order valence-corrected chi connectivity index (χ0v) is 26.0. The van der Waals surface area contributed by atoms with E-state index in [1.54, 1.807) is 18.2 Å². The Labute approximate surface area is 255 Å². The number of nitrogens with one attached hydrogen (secondary N) is 1.